The highest BCUT2D eigenvalue weighted by atomic mass is 31.2. The van der Waals surface area contributed by atoms with Crippen LogP contribution in [0.4, 0.5) is 4.79 Å². The largest absolute Gasteiger partial charge is 0.509 e. The van der Waals surface area contributed by atoms with Gasteiger partial charge in [-0.3, -0.25) is 23.7 Å². The van der Waals surface area contributed by atoms with E-state index in [2.05, 4.69) is 9.84 Å². The molecule has 1 saturated heterocycles. The Hall–Kier alpha value is -6.32. The van der Waals surface area contributed by atoms with Gasteiger partial charge in [0, 0.05) is 37.7 Å². The molecule has 0 aromatic heterocycles. The van der Waals surface area contributed by atoms with Crippen LogP contribution >= 0.6 is 7.82 Å². The lowest BCUT2D eigenvalue weighted by molar-refractivity contribution is -0.350. The molecule has 7 rings (SSSR count). The third kappa shape index (κ3) is 10.6. The SMILES string of the molecule is CCOC(=O)O[C@@H](C(=O)O[C@H]1C[C@@]2(O)[C@@H](OC(=O)c3ccccc3)[C@@H]3[C@]4(OC(C)=O)CO[C@@H]4C[C@H](OCOP(=O)(O)O)[C@@]3(C)C(=O)[C@H](OC(C)=O)C(=C1C)C2(C)C)[C@@H](NC(=O)c1ccccc1)c1ccccc1. The Morgan fingerprint density at radius 1 is 0.849 bits per heavy atom. The molecular weight excluding hydrogens is 978 g/mol. The lowest BCUT2D eigenvalue weighted by atomic mass is 9.44. The number of carbonyl (C=O) groups excluding carboxylic acids is 7. The third-order valence-corrected chi connectivity index (χ3v) is 14.8. The van der Waals surface area contributed by atoms with E-state index in [4.69, 9.17) is 37.9 Å². The van der Waals surface area contributed by atoms with Gasteiger partial charge in [0.1, 0.15) is 30.0 Å². The number of phosphoric ester groups is 1. The van der Waals surface area contributed by atoms with E-state index in [1.165, 1.54) is 58.9 Å². The molecule has 0 spiro atoms. The average Bonchev–Trinajstić information content (AvgIpc) is 3.33. The standard InChI is InChI=1S/C51H58NO20P/c1-8-64-47(59)70-40(38(31-18-12-9-13-19-31)52-44(56)32-20-14-10-15-21-32)46(58)69-34-25-51(60)43(71-45(57)33-22-16-11-17-23-33)41-49(7,42(55)39(68-29(3)53)37(28(34)2)48(51,5)6)35(66-27-67-73(61,62)63)24-36-50(41,26-65-36)72-30(4)54/h9-23,34-36,38-41,43,60H,8,24-27H2,1-7H3,(H,52,56)(H2,61,62,63)/t34-,35-,36+,38-,39+,40+,41-,43-,49+,50-,51+/m0/s1. The minimum atomic E-state index is -5.19. The number of ether oxygens (including phenoxy) is 8. The molecule has 2 bridgehead atoms. The van der Waals surface area contributed by atoms with Gasteiger partial charge in [0.05, 0.1) is 36.2 Å². The smallest absolute Gasteiger partial charge is 0.455 e. The highest BCUT2D eigenvalue weighted by Gasteiger charge is 2.79. The molecule has 73 heavy (non-hydrogen) atoms. The highest BCUT2D eigenvalue weighted by Crippen LogP contribution is 2.65. The molecule has 0 unspecified atom stereocenters. The molecule has 3 aliphatic carbocycles. The summed E-state index contributed by atoms with van der Waals surface area (Å²) in [6, 6.07) is 22.1. The first-order valence-corrected chi connectivity index (χ1v) is 24.9. The zero-order valence-corrected chi connectivity index (χ0v) is 41.9. The maximum absolute atomic E-state index is 16.1. The molecular formula is C51H58NO20P. The fraction of sp³-hybridized carbons (Fsp3) is 0.471. The van der Waals surface area contributed by atoms with Crippen molar-refractivity contribution in [1.82, 2.24) is 5.32 Å². The average molecular weight is 1040 g/mol. The molecule has 3 aromatic carbocycles. The van der Waals surface area contributed by atoms with Crippen molar-refractivity contribution >= 4 is 49.5 Å². The summed E-state index contributed by atoms with van der Waals surface area (Å²) in [5.41, 5.74) is -8.19. The number of phosphoric acid groups is 1. The summed E-state index contributed by atoms with van der Waals surface area (Å²) < 4.78 is 64.3. The molecule has 22 heteroatoms. The van der Waals surface area contributed by atoms with Crippen molar-refractivity contribution in [2.24, 2.45) is 16.7 Å². The molecule has 2 saturated carbocycles. The van der Waals surface area contributed by atoms with E-state index in [1.807, 2.05) is 0 Å². The van der Waals surface area contributed by atoms with Gasteiger partial charge in [-0.15, -0.1) is 0 Å². The number of esters is 4. The maximum atomic E-state index is 16.1. The summed E-state index contributed by atoms with van der Waals surface area (Å²) in [7, 11) is -5.19. The van der Waals surface area contributed by atoms with Crippen LogP contribution in [0.2, 0.25) is 0 Å². The second-order valence-electron chi connectivity index (χ2n) is 19.0. The summed E-state index contributed by atoms with van der Waals surface area (Å²) in [4.78, 5) is 119. The first kappa shape index (κ1) is 54.5. The van der Waals surface area contributed by atoms with Crippen molar-refractivity contribution in [3.63, 3.8) is 0 Å². The quantitative estimate of drug-likeness (QED) is 0.0482. The summed E-state index contributed by atoms with van der Waals surface area (Å²) in [6.45, 7) is 7.68. The molecule has 4 N–H and O–H groups in total. The van der Waals surface area contributed by atoms with E-state index in [9.17, 15) is 43.4 Å². The van der Waals surface area contributed by atoms with Crippen LogP contribution in [0.25, 0.3) is 0 Å². The summed E-state index contributed by atoms with van der Waals surface area (Å²) >= 11 is 0. The number of hydrogen-bond donors (Lipinski definition) is 4. The van der Waals surface area contributed by atoms with Crippen molar-refractivity contribution < 1.29 is 95.4 Å². The van der Waals surface area contributed by atoms with E-state index < -0.39 is 140 Å². The molecule has 1 heterocycles. The number of ketones is 1. The molecule has 3 aromatic rings. The number of amides is 1. The van der Waals surface area contributed by atoms with Crippen LogP contribution in [0.3, 0.4) is 0 Å². The van der Waals surface area contributed by atoms with E-state index in [0.29, 0.717) is 0 Å². The second kappa shape index (κ2) is 21.3. The van der Waals surface area contributed by atoms with Gasteiger partial charge in [0.2, 0.25) is 6.10 Å². The summed E-state index contributed by atoms with van der Waals surface area (Å²) in [5, 5.41) is 16.8. The van der Waals surface area contributed by atoms with Gasteiger partial charge in [-0.05, 0) is 61.7 Å². The van der Waals surface area contributed by atoms with Gasteiger partial charge in [0.15, 0.2) is 24.3 Å². The fourth-order valence-electron chi connectivity index (χ4n) is 10.9. The Kier molecular flexibility index (Phi) is 15.9. The second-order valence-corrected chi connectivity index (χ2v) is 20.2. The van der Waals surface area contributed by atoms with Crippen molar-refractivity contribution in [2.45, 2.75) is 115 Å². The van der Waals surface area contributed by atoms with Crippen LogP contribution in [-0.2, 0) is 66.2 Å². The topological polar surface area (TPSA) is 292 Å². The normalized spacial score (nSPS) is 28.9. The number of nitrogens with one attached hydrogen (secondary N) is 1. The Balaban J connectivity index is 1.45. The number of aliphatic hydroxyl groups is 1. The molecule has 11 atom stereocenters. The number of rotatable bonds is 16. The van der Waals surface area contributed by atoms with E-state index in [-0.39, 0.29) is 40.9 Å². The zero-order chi connectivity index (χ0) is 53.3. The van der Waals surface area contributed by atoms with Gasteiger partial charge in [0.25, 0.3) is 5.91 Å². The minimum Gasteiger partial charge on any atom is -0.455 e. The Morgan fingerprint density at radius 2 is 1.45 bits per heavy atom. The summed E-state index contributed by atoms with van der Waals surface area (Å²) in [6.07, 6.45) is -12.7. The zero-order valence-electron chi connectivity index (χ0n) is 41.0. The first-order valence-electron chi connectivity index (χ1n) is 23.4. The maximum Gasteiger partial charge on any atom is 0.509 e. The lowest BCUT2D eigenvalue weighted by Crippen LogP contribution is -2.82. The molecule has 0 radical (unpaired) electrons. The van der Waals surface area contributed by atoms with Crippen LogP contribution in [0.1, 0.15) is 93.6 Å². The van der Waals surface area contributed by atoms with Gasteiger partial charge >= 0.3 is 37.9 Å². The Bertz CT molecular complexity index is 2680. The highest BCUT2D eigenvalue weighted by molar-refractivity contribution is 7.46. The van der Waals surface area contributed by atoms with Crippen molar-refractivity contribution in [1.29, 1.82) is 0 Å². The predicted molar refractivity (Wildman–Crippen MR) is 250 cm³/mol. The predicted octanol–water partition coefficient (Wildman–Crippen LogP) is 5.01. The van der Waals surface area contributed by atoms with Crippen molar-refractivity contribution in [3.05, 3.63) is 119 Å². The number of carbonyl (C=O) groups is 7. The number of fused-ring (bicyclic) bond motifs is 5. The van der Waals surface area contributed by atoms with E-state index in [1.54, 1.807) is 66.7 Å². The van der Waals surface area contributed by atoms with Crippen LogP contribution in [-0.4, -0.2) is 124 Å². The molecule has 21 nitrogen and oxygen atoms in total. The Labute approximate surface area is 420 Å². The minimum absolute atomic E-state index is 0.0208. The first-order chi connectivity index (χ1) is 34.4. The number of hydrogen-bond acceptors (Lipinski definition) is 18. The number of Topliss-reactive ketones (excluding diaryl/α,β-unsaturated/α-hetero) is 1. The number of benzene rings is 3. The van der Waals surface area contributed by atoms with Crippen molar-refractivity contribution in [2.75, 3.05) is 20.0 Å². The van der Waals surface area contributed by atoms with Gasteiger partial charge in [-0.1, -0.05) is 80.6 Å². The molecule has 1 aliphatic heterocycles. The van der Waals surface area contributed by atoms with Gasteiger partial charge in [-0.25, -0.2) is 18.9 Å². The molecule has 392 valence electrons. The van der Waals surface area contributed by atoms with E-state index >= 15 is 9.59 Å². The molecule has 4 aliphatic rings. The van der Waals surface area contributed by atoms with Crippen LogP contribution in [0.5, 0.6) is 0 Å². The van der Waals surface area contributed by atoms with Gasteiger partial charge < -0.3 is 58.1 Å². The van der Waals surface area contributed by atoms with Gasteiger partial charge in [-0.2, -0.15) is 0 Å². The van der Waals surface area contributed by atoms with E-state index in [0.717, 1.165) is 13.8 Å². The summed E-state index contributed by atoms with van der Waals surface area (Å²) in [5.74, 6) is -7.58. The van der Waals surface area contributed by atoms with Crippen LogP contribution < -0.4 is 5.32 Å². The monoisotopic (exact) mass is 1040 g/mol. The Morgan fingerprint density at radius 3 is 2.00 bits per heavy atom. The molecule has 1 amide bonds. The van der Waals surface area contributed by atoms with Crippen molar-refractivity contribution in [3.8, 4) is 0 Å². The van der Waals surface area contributed by atoms with Crippen LogP contribution in [0.15, 0.2) is 102 Å². The van der Waals surface area contributed by atoms with Crippen LogP contribution in [0, 0.1) is 16.7 Å². The fourth-order valence-corrected chi connectivity index (χ4v) is 11.1. The lowest BCUT2D eigenvalue weighted by Gasteiger charge is -2.67. The third-order valence-electron chi connectivity index (χ3n) is 14.4. The molecule has 3 fully saturated rings.